The third kappa shape index (κ3) is 3.98. The van der Waals surface area contributed by atoms with Crippen LogP contribution in [0.1, 0.15) is 35.8 Å². The van der Waals surface area contributed by atoms with Crippen LogP contribution in [0.3, 0.4) is 0 Å². The maximum atomic E-state index is 11.1. The predicted octanol–water partition coefficient (Wildman–Crippen LogP) is 3.08. The van der Waals surface area contributed by atoms with Crippen molar-refractivity contribution < 1.29 is 19.1 Å². The van der Waals surface area contributed by atoms with Gasteiger partial charge in [-0.1, -0.05) is 0 Å². The first-order valence-electron chi connectivity index (χ1n) is 6.64. The van der Waals surface area contributed by atoms with Crippen molar-refractivity contribution in [2.24, 2.45) is 0 Å². The lowest BCUT2D eigenvalue weighted by Gasteiger charge is -2.15. The highest BCUT2D eigenvalue weighted by Gasteiger charge is 2.11. The number of anilines is 1. The summed E-state index contributed by atoms with van der Waals surface area (Å²) in [6, 6.07) is 4.70. The molecule has 6 nitrogen and oxygen atoms in total. The Bertz CT molecular complexity index is 634. The van der Waals surface area contributed by atoms with Crippen molar-refractivity contribution in [3.63, 3.8) is 0 Å². The normalized spacial score (nSPS) is 10.7. The fraction of sp³-hybridized carbons (Fsp3) is 0.333. The average molecular weight is 290 g/mol. The molecule has 0 fully saturated rings. The van der Waals surface area contributed by atoms with Gasteiger partial charge < -0.3 is 19.6 Å². The summed E-state index contributed by atoms with van der Waals surface area (Å²) >= 11 is 0. The molecule has 0 aliphatic carbocycles. The van der Waals surface area contributed by atoms with Gasteiger partial charge in [0.2, 0.25) is 5.89 Å². The molecular formula is C15H18N2O4. The van der Waals surface area contributed by atoms with Gasteiger partial charge in [-0.3, -0.25) is 0 Å². The van der Waals surface area contributed by atoms with Crippen molar-refractivity contribution >= 4 is 11.7 Å². The number of carboxylic acids is 1. The Kier molecular flexibility index (Phi) is 4.47. The zero-order chi connectivity index (χ0) is 15.4. The molecule has 0 amide bonds. The molecule has 21 heavy (non-hydrogen) atoms. The quantitative estimate of drug-likeness (QED) is 0.850. The number of aromatic carboxylic acids is 1. The van der Waals surface area contributed by atoms with Gasteiger partial charge in [-0.15, -0.1) is 0 Å². The van der Waals surface area contributed by atoms with Crippen molar-refractivity contribution in [1.29, 1.82) is 0 Å². The van der Waals surface area contributed by atoms with Crippen LogP contribution in [-0.4, -0.2) is 22.2 Å². The highest BCUT2D eigenvalue weighted by molar-refractivity contribution is 5.89. The number of hydrogen-bond acceptors (Lipinski definition) is 5. The van der Waals surface area contributed by atoms with Crippen molar-refractivity contribution in [2.45, 2.75) is 33.4 Å². The van der Waals surface area contributed by atoms with Gasteiger partial charge in [0.1, 0.15) is 12.0 Å². The highest BCUT2D eigenvalue weighted by atomic mass is 16.5. The summed E-state index contributed by atoms with van der Waals surface area (Å²) in [5.41, 5.74) is 1.58. The molecule has 0 saturated carbocycles. The number of aromatic nitrogens is 1. The number of hydrogen-bond donors (Lipinski definition) is 2. The van der Waals surface area contributed by atoms with Crippen molar-refractivity contribution in [2.75, 3.05) is 5.32 Å². The fourth-order valence-corrected chi connectivity index (χ4v) is 1.81. The number of carbonyl (C=O) groups is 1. The lowest BCUT2D eigenvalue weighted by Crippen LogP contribution is -2.10. The molecule has 1 heterocycles. The molecule has 0 saturated heterocycles. The number of benzene rings is 1. The maximum Gasteiger partial charge on any atom is 0.335 e. The van der Waals surface area contributed by atoms with Gasteiger partial charge in [-0.2, -0.15) is 0 Å². The lowest BCUT2D eigenvalue weighted by atomic mass is 10.2. The van der Waals surface area contributed by atoms with Crippen LogP contribution in [-0.2, 0) is 6.54 Å². The van der Waals surface area contributed by atoms with Gasteiger partial charge >= 0.3 is 5.97 Å². The summed E-state index contributed by atoms with van der Waals surface area (Å²) < 4.78 is 10.9. The van der Waals surface area contributed by atoms with Crippen LogP contribution in [0.2, 0.25) is 0 Å². The average Bonchev–Trinajstić information content (AvgIpc) is 2.82. The van der Waals surface area contributed by atoms with Crippen LogP contribution >= 0.6 is 0 Å². The molecule has 1 aromatic heterocycles. The Morgan fingerprint density at radius 1 is 1.48 bits per heavy atom. The topological polar surface area (TPSA) is 84.6 Å². The van der Waals surface area contributed by atoms with Gasteiger partial charge in [-0.25, -0.2) is 9.78 Å². The molecule has 0 aliphatic heterocycles. The molecule has 0 atom stereocenters. The lowest BCUT2D eigenvalue weighted by molar-refractivity contribution is 0.0697. The Labute approximate surface area is 122 Å². The fourth-order valence-electron chi connectivity index (χ4n) is 1.81. The second kappa shape index (κ2) is 6.30. The predicted molar refractivity (Wildman–Crippen MR) is 77.7 cm³/mol. The van der Waals surface area contributed by atoms with Crippen LogP contribution in [0, 0.1) is 6.92 Å². The van der Waals surface area contributed by atoms with E-state index in [-0.39, 0.29) is 11.7 Å². The standard InChI is InChI=1S/C15H18N2O4/c1-9(2)21-13-5-4-11(15(18)19)6-12(13)16-7-14-17-10(3)8-20-14/h4-6,8-9,16H,7H2,1-3H3,(H,18,19). The second-order valence-electron chi connectivity index (χ2n) is 4.92. The van der Waals surface area contributed by atoms with E-state index in [2.05, 4.69) is 10.3 Å². The first-order chi connectivity index (χ1) is 9.95. The Balaban J connectivity index is 2.20. The number of nitrogens with one attached hydrogen (secondary N) is 1. The molecule has 2 N–H and O–H groups in total. The summed E-state index contributed by atoms with van der Waals surface area (Å²) in [5, 5.41) is 12.2. The van der Waals surface area contributed by atoms with E-state index in [1.165, 1.54) is 12.1 Å². The van der Waals surface area contributed by atoms with Gasteiger partial charge in [0.25, 0.3) is 0 Å². The molecule has 0 spiro atoms. The molecule has 0 aliphatic rings. The summed E-state index contributed by atoms with van der Waals surface area (Å²) in [5.74, 6) is 0.142. The number of ether oxygens (including phenoxy) is 1. The van der Waals surface area contributed by atoms with E-state index in [1.807, 2.05) is 20.8 Å². The minimum atomic E-state index is -0.985. The van der Waals surface area contributed by atoms with Crippen LogP contribution in [0.4, 0.5) is 5.69 Å². The van der Waals surface area contributed by atoms with E-state index in [9.17, 15) is 4.79 Å². The molecule has 0 unspecified atom stereocenters. The van der Waals surface area contributed by atoms with Crippen molar-refractivity contribution in [1.82, 2.24) is 4.98 Å². The molecule has 2 aromatic rings. The van der Waals surface area contributed by atoms with E-state index in [1.54, 1.807) is 12.3 Å². The number of nitrogens with zero attached hydrogens (tertiary/aromatic N) is 1. The zero-order valence-electron chi connectivity index (χ0n) is 12.2. The Morgan fingerprint density at radius 3 is 2.81 bits per heavy atom. The number of oxazole rings is 1. The smallest absolute Gasteiger partial charge is 0.335 e. The second-order valence-corrected chi connectivity index (χ2v) is 4.92. The Morgan fingerprint density at radius 2 is 2.24 bits per heavy atom. The van der Waals surface area contributed by atoms with Gasteiger partial charge in [-0.05, 0) is 39.0 Å². The largest absolute Gasteiger partial charge is 0.489 e. The van der Waals surface area contributed by atoms with Crippen LogP contribution < -0.4 is 10.1 Å². The molecule has 112 valence electrons. The zero-order valence-corrected chi connectivity index (χ0v) is 12.2. The maximum absolute atomic E-state index is 11.1. The third-order valence-corrected chi connectivity index (χ3v) is 2.69. The van der Waals surface area contributed by atoms with Gasteiger partial charge in [0, 0.05) is 0 Å². The molecule has 2 rings (SSSR count). The minimum Gasteiger partial charge on any atom is -0.489 e. The van der Waals surface area contributed by atoms with E-state index in [4.69, 9.17) is 14.3 Å². The first-order valence-corrected chi connectivity index (χ1v) is 6.64. The summed E-state index contributed by atoms with van der Waals surface area (Å²) in [7, 11) is 0. The number of carboxylic acid groups (broad SMARTS) is 1. The van der Waals surface area contributed by atoms with Crippen molar-refractivity contribution in [3.8, 4) is 5.75 Å². The van der Waals surface area contributed by atoms with E-state index in [0.717, 1.165) is 5.69 Å². The molecular weight excluding hydrogens is 272 g/mol. The van der Waals surface area contributed by atoms with E-state index in [0.29, 0.717) is 23.9 Å². The summed E-state index contributed by atoms with van der Waals surface area (Å²) in [4.78, 5) is 15.3. The van der Waals surface area contributed by atoms with E-state index >= 15 is 0 Å². The summed E-state index contributed by atoms with van der Waals surface area (Å²) in [6.45, 7) is 6.01. The number of rotatable bonds is 6. The molecule has 0 radical (unpaired) electrons. The number of aryl methyl sites for hydroxylation is 1. The minimum absolute atomic E-state index is 0.00906. The van der Waals surface area contributed by atoms with Gasteiger partial charge in [0.15, 0.2) is 0 Å². The SMILES string of the molecule is Cc1coc(CNc2cc(C(=O)O)ccc2OC(C)C)n1. The van der Waals surface area contributed by atoms with Crippen LogP contribution in [0.15, 0.2) is 28.9 Å². The van der Waals surface area contributed by atoms with Crippen molar-refractivity contribution in [3.05, 3.63) is 41.6 Å². The molecule has 0 bridgehead atoms. The molecule has 1 aromatic carbocycles. The Hall–Kier alpha value is -2.50. The van der Waals surface area contributed by atoms with Gasteiger partial charge in [0.05, 0.1) is 29.6 Å². The van der Waals surface area contributed by atoms with E-state index < -0.39 is 5.97 Å². The monoisotopic (exact) mass is 290 g/mol. The first kappa shape index (κ1) is 14.9. The molecule has 6 heteroatoms. The third-order valence-electron chi connectivity index (χ3n) is 2.69. The van der Waals surface area contributed by atoms with Crippen LogP contribution in [0.25, 0.3) is 0 Å². The van der Waals surface area contributed by atoms with Crippen LogP contribution in [0.5, 0.6) is 5.75 Å². The summed E-state index contributed by atoms with van der Waals surface area (Å²) in [6.07, 6.45) is 1.56. The highest BCUT2D eigenvalue weighted by Crippen LogP contribution is 2.27.